The molecule has 1 aromatic rings. The van der Waals surface area contributed by atoms with Gasteiger partial charge < -0.3 is 5.32 Å². The van der Waals surface area contributed by atoms with Crippen molar-refractivity contribution in [2.75, 3.05) is 18.8 Å². The molecule has 1 aliphatic heterocycles. The molecular formula is C10H15Cl2N3S. The Kier molecular flexibility index (Phi) is 6.43. The van der Waals surface area contributed by atoms with Crippen LogP contribution < -0.4 is 5.32 Å². The molecule has 1 N–H and O–H groups in total. The molecule has 90 valence electrons. The number of hydrogen-bond acceptors (Lipinski definition) is 4. The number of aromatic nitrogens is 2. The molecule has 0 bridgehead atoms. The Morgan fingerprint density at radius 1 is 1.44 bits per heavy atom. The largest absolute Gasteiger partial charge is 0.317 e. The predicted octanol–water partition coefficient (Wildman–Crippen LogP) is 2.64. The lowest BCUT2D eigenvalue weighted by Crippen LogP contribution is -2.28. The SMILES string of the molecule is Cl.Clc1nccc(SCC2CCNCC2)n1. The van der Waals surface area contributed by atoms with E-state index in [1.165, 1.54) is 12.8 Å². The first kappa shape index (κ1) is 14.0. The Hall–Kier alpha value is -0.0300. The van der Waals surface area contributed by atoms with Crippen molar-refractivity contribution in [2.45, 2.75) is 17.9 Å². The summed E-state index contributed by atoms with van der Waals surface area (Å²) >= 11 is 7.50. The lowest BCUT2D eigenvalue weighted by molar-refractivity contribution is 0.408. The molecule has 0 aromatic carbocycles. The highest BCUT2D eigenvalue weighted by Gasteiger charge is 2.13. The Bertz CT molecular complexity index is 319. The minimum Gasteiger partial charge on any atom is -0.317 e. The summed E-state index contributed by atoms with van der Waals surface area (Å²) in [5.41, 5.74) is 0. The van der Waals surface area contributed by atoms with Crippen LogP contribution in [0.25, 0.3) is 0 Å². The van der Waals surface area contributed by atoms with Crippen molar-refractivity contribution < 1.29 is 0 Å². The second-order valence-electron chi connectivity index (χ2n) is 3.67. The van der Waals surface area contributed by atoms with Crippen LogP contribution in [0.2, 0.25) is 5.28 Å². The maximum Gasteiger partial charge on any atom is 0.223 e. The van der Waals surface area contributed by atoms with E-state index in [-0.39, 0.29) is 12.4 Å². The molecule has 0 amide bonds. The second-order valence-corrected chi connectivity index (χ2v) is 5.05. The zero-order chi connectivity index (χ0) is 10.5. The van der Waals surface area contributed by atoms with E-state index in [1.807, 2.05) is 6.07 Å². The number of nitrogens with zero attached hydrogens (tertiary/aromatic N) is 2. The highest BCUT2D eigenvalue weighted by molar-refractivity contribution is 7.99. The van der Waals surface area contributed by atoms with E-state index in [0.717, 1.165) is 29.8 Å². The summed E-state index contributed by atoms with van der Waals surface area (Å²) < 4.78 is 0. The van der Waals surface area contributed by atoms with Gasteiger partial charge in [0.05, 0.1) is 0 Å². The average Bonchev–Trinajstić information content (AvgIpc) is 2.28. The van der Waals surface area contributed by atoms with Crippen molar-refractivity contribution in [3.63, 3.8) is 0 Å². The van der Waals surface area contributed by atoms with Crippen molar-refractivity contribution in [2.24, 2.45) is 5.92 Å². The molecule has 0 radical (unpaired) electrons. The Balaban J connectivity index is 0.00000128. The second kappa shape index (κ2) is 7.33. The lowest BCUT2D eigenvalue weighted by atomic mass is 10.0. The first-order chi connectivity index (χ1) is 7.34. The van der Waals surface area contributed by atoms with Gasteiger partial charge in [-0.2, -0.15) is 0 Å². The van der Waals surface area contributed by atoms with Crippen molar-refractivity contribution in [3.8, 4) is 0 Å². The van der Waals surface area contributed by atoms with Crippen LogP contribution in [-0.4, -0.2) is 28.8 Å². The molecule has 1 fully saturated rings. The molecular weight excluding hydrogens is 265 g/mol. The molecule has 0 unspecified atom stereocenters. The summed E-state index contributed by atoms with van der Waals surface area (Å²) in [7, 11) is 0. The fourth-order valence-electron chi connectivity index (χ4n) is 1.65. The van der Waals surface area contributed by atoms with E-state index in [9.17, 15) is 0 Å². The Labute approximate surface area is 111 Å². The minimum absolute atomic E-state index is 0. The molecule has 3 nitrogen and oxygen atoms in total. The number of halogens is 2. The molecule has 1 saturated heterocycles. The van der Waals surface area contributed by atoms with E-state index < -0.39 is 0 Å². The Morgan fingerprint density at radius 3 is 2.88 bits per heavy atom. The summed E-state index contributed by atoms with van der Waals surface area (Å²) in [4.78, 5) is 8.02. The molecule has 6 heteroatoms. The summed E-state index contributed by atoms with van der Waals surface area (Å²) in [5, 5.41) is 4.68. The van der Waals surface area contributed by atoms with Crippen molar-refractivity contribution in [1.82, 2.24) is 15.3 Å². The molecule has 2 rings (SSSR count). The molecule has 1 aromatic heterocycles. The highest BCUT2D eigenvalue weighted by atomic mass is 35.5. The van der Waals surface area contributed by atoms with E-state index in [0.29, 0.717) is 5.28 Å². The summed E-state index contributed by atoms with van der Waals surface area (Å²) in [6.07, 6.45) is 4.25. The number of nitrogens with one attached hydrogen (secondary N) is 1. The van der Waals surface area contributed by atoms with Gasteiger partial charge in [-0.15, -0.1) is 24.2 Å². The topological polar surface area (TPSA) is 37.8 Å². The molecule has 1 aliphatic rings. The maximum atomic E-state index is 5.72. The highest BCUT2D eigenvalue weighted by Crippen LogP contribution is 2.23. The fourth-order valence-corrected chi connectivity index (χ4v) is 2.90. The van der Waals surface area contributed by atoms with Crippen molar-refractivity contribution >= 4 is 35.8 Å². The minimum atomic E-state index is 0. The van der Waals surface area contributed by atoms with Gasteiger partial charge in [-0.25, -0.2) is 9.97 Å². The normalized spacial score (nSPS) is 16.8. The molecule has 16 heavy (non-hydrogen) atoms. The van der Waals surface area contributed by atoms with Gasteiger partial charge in [0.25, 0.3) is 0 Å². The van der Waals surface area contributed by atoms with Crippen LogP contribution in [0.3, 0.4) is 0 Å². The molecule has 2 heterocycles. The standard InChI is InChI=1S/C10H14ClN3S.ClH/c11-10-13-6-3-9(14-10)15-7-8-1-4-12-5-2-8;/h3,6,8,12H,1-2,4-5,7H2;1H. The third kappa shape index (κ3) is 4.45. The van der Waals surface area contributed by atoms with Gasteiger partial charge in [-0.1, -0.05) is 0 Å². The maximum absolute atomic E-state index is 5.72. The monoisotopic (exact) mass is 279 g/mol. The number of hydrogen-bond donors (Lipinski definition) is 1. The first-order valence-corrected chi connectivity index (χ1v) is 6.53. The predicted molar refractivity (Wildman–Crippen MR) is 70.6 cm³/mol. The van der Waals surface area contributed by atoms with Gasteiger partial charge >= 0.3 is 0 Å². The first-order valence-electron chi connectivity index (χ1n) is 5.16. The molecule has 0 atom stereocenters. The number of thioether (sulfide) groups is 1. The third-order valence-electron chi connectivity index (χ3n) is 2.53. The van der Waals surface area contributed by atoms with Crippen LogP contribution in [-0.2, 0) is 0 Å². The van der Waals surface area contributed by atoms with Gasteiger partial charge in [-0.3, -0.25) is 0 Å². The summed E-state index contributed by atoms with van der Waals surface area (Å²) in [5.74, 6) is 1.94. The Morgan fingerprint density at radius 2 is 2.19 bits per heavy atom. The molecule has 0 aliphatic carbocycles. The lowest BCUT2D eigenvalue weighted by Gasteiger charge is -2.21. The van der Waals surface area contributed by atoms with Gasteiger partial charge in [0.15, 0.2) is 0 Å². The quantitative estimate of drug-likeness (QED) is 0.525. The third-order valence-corrected chi connectivity index (χ3v) is 3.87. The molecule has 0 saturated carbocycles. The van der Waals surface area contributed by atoms with Crippen molar-refractivity contribution in [1.29, 1.82) is 0 Å². The number of piperidine rings is 1. The van der Waals surface area contributed by atoms with Crippen LogP contribution in [0.1, 0.15) is 12.8 Å². The molecule has 0 spiro atoms. The van der Waals surface area contributed by atoms with Crippen LogP contribution in [0.5, 0.6) is 0 Å². The van der Waals surface area contributed by atoms with Gasteiger partial charge in [0.2, 0.25) is 5.28 Å². The van der Waals surface area contributed by atoms with Crippen LogP contribution in [0.4, 0.5) is 0 Å². The summed E-state index contributed by atoms with van der Waals surface area (Å²) in [6.45, 7) is 2.30. The zero-order valence-corrected chi connectivity index (χ0v) is 11.2. The van der Waals surface area contributed by atoms with E-state index >= 15 is 0 Å². The average molecular weight is 280 g/mol. The van der Waals surface area contributed by atoms with Gasteiger partial charge in [0.1, 0.15) is 5.03 Å². The number of rotatable bonds is 3. The zero-order valence-electron chi connectivity index (χ0n) is 8.86. The van der Waals surface area contributed by atoms with Gasteiger partial charge in [0, 0.05) is 11.9 Å². The van der Waals surface area contributed by atoms with Crippen LogP contribution in [0.15, 0.2) is 17.3 Å². The fraction of sp³-hybridized carbons (Fsp3) is 0.600. The summed E-state index contributed by atoms with van der Waals surface area (Å²) in [6, 6.07) is 1.91. The van der Waals surface area contributed by atoms with E-state index in [4.69, 9.17) is 11.6 Å². The van der Waals surface area contributed by atoms with Crippen molar-refractivity contribution in [3.05, 3.63) is 17.5 Å². The van der Waals surface area contributed by atoms with E-state index in [1.54, 1.807) is 18.0 Å². The van der Waals surface area contributed by atoms with Crippen LogP contribution >= 0.6 is 35.8 Å². The van der Waals surface area contributed by atoms with Gasteiger partial charge in [-0.05, 0) is 49.5 Å². The van der Waals surface area contributed by atoms with Crippen LogP contribution in [0, 0.1) is 5.92 Å². The van der Waals surface area contributed by atoms with E-state index in [2.05, 4.69) is 15.3 Å². The smallest absolute Gasteiger partial charge is 0.223 e.